The van der Waals surface area contributed by atoms with Crippen molar-refractivity contribution >= 4 is 18.3 Å². The Labute approximate surface area is 123 Å². The van der Waals surface area contributed by atoms with E-state index in [-0.39, 0.29) is 24.2 Å². The highest BCUT2D eigenvalue weighted by atomic mass is 35.5. The van der Waals surface area contributed by atoms with Crippen LogP contribution in [0.4, 0.5) is 0 Å². The molecule has 2 rings (SSSR count). The van der Waals surface area contributed by atoms with Crippen LogP contribution in [0.5, 0.6) is 0 Å². The van der Waals surface area contributed by atoms with Gasteiger partial charge in [0, 0.05) is 18.6 Å². The number of hydrogen-bond acceptors (Lipinski definition) is 3. The van der Waals surface area contributed by atoms with Gasteiger partial charge in [-0.3, -0.25) is 4.79 Å². The molecular formula is C14H28ClN3O. The van der Waals surface area contributed by atoms with Gasteiger partial charge in [0.1, 0.15) is 0 Å². The minimum Gasteiger partial charge on any atom is -0.352 e. The van der Waals surface area contributed by atoms with Crippen LogP contribution < -0.4 is 10.6 Å². The first-order valence-electron chi connectivity index (χ1n) is 7.46. The number of amides is 1. The quantitative estimate of drug-likeness (QED) is 0.825. The van der Waals surface area contributed by atoms with Gasteiger partial charge in [0.25, 0.3) is 0 Å². The Morgan fingerprint density at radius 2 is 2.16 bits per heavy atom. The van der Waals surface area contributed by atoms with E-state index in [1.807, 2.05) is 0 Å². The zero-order chi connectivity index (χ0) is 13.0. The smallest absolute Gasteiger partial charge is 0.224 e. The van der Waals surface area contributed by atoms with Crippen LogP contribution in [-0.4, -0.2) is 49.1 Å². The van der Waals surface area contributed by atoms with Crippen molar-refractivity contribution in [2.24, 2.45) is 5.92 Å². The highest BCUT2D eigenvalue weighted by Gasteiger charge is 2.29. The van der Waals surface area contributed by atoms with Gasteiger partial charge >= 0.3 is 0 Å². The molecule has 112 valence electrons. The van der Waals surface area contributed by atoms with Crippen LogP contribution in [0, 0.1) is 5.92 Å². The van der Waals surface area contributed by atoms with Gasteiger partial charge in [0.15, 0.2) is 0 Å². The van der Waals surface area contributed by atoms with Crippen molar-refractivity contribution in [3.63, 3.8) is 0 Å². The van der Waals surface area contributed by atoms with Gasteiger partial charge in [-0.25, -0.2) is 0 Å². The monoisotopic (exact) mass is 289 g/mol. The third-order valence-electron chi connectivity index (χ3n) is 4.40. The van der Waals surface area contributed by atoms with Crippen LogP contribution in [0.25, 0.3) is 0 Å². The van der Waals surface area contributed by atoms with Crippen molar-refractivity contribution in [3.8, 4) is 0 Å². The Kier molecular flexibility index (Phi) is 7.11. The van der Waals surface area contributed by atoms with Crippen molar-refractivity contribution in [3.05, 3.63) is 0 Å². The molecule has 0 aromatic rings. The third kappa shape index (κ3) is 4.62. The molecule has 19 heavy (non-hydrogen) atoms. The van der Waals surface area contributed by atoms with E-state index in [0.29, 0.717) is 12.1 Å². The predicted molar refractivity (Wildman–Crippen MR) is 80.7 cm³/mol. The largest absolute Gasteiger partial charge is 0.352 e. The van der Waals surface area contributed by atoms with Crippen molar-refractivity contribution in [1.82, 2.24) is 15.5 Å². The first-order chi connectivity index (χ1) is 8.70. The number of halogens is 1. The van der Waals surface area contributed by atoms with E-state index in [2.05, 4.69) is 29.4 Å². The van der Waals surface area contributed by atoms with Gasteiger partial charge < -0.3 is 15.5 Å². The fourth-order valence-electron chi connectivity index (χ4n) is 3.17. The Bertz CT molecular complexity index is 288. The van der Waals surface area contributed by atoms with Crippen molar-refractivity contribution in [1.29, 1.82) is 0 Å². The molecule has 2 saturated heterocycles. The summed E-state index contributed by atoms with van der Waals surface area (Å²) in [5.74, 6) is 0.424. The summed E-state index contributed by atoms with van der Waals surface area (Å²) in [6.45, 7) is 8.67. The number of rotatable bonds is 3. The minimum atomic E-state index is 0. The van der Waals surface area contributed by atoms with Crippen molar-refractivity contribution in [2.75, 3.05) is 26.2 Å². The summed E-state index contributed by atoms with van der Waals surface area (Å²) in [5.41, 5.74) is 0. The fraction of sp³-hybridized carbons (Fsp3) is 0.929. The molecule has 0 bridgehead atoms. The number of likely N-dealkylation sites (tertiary alicyclic amines) is 1. The lowest BCUT2D eigenvalue weighted by molar-refractivity contribution is -0.127. The number of likely N-dealkylation sites (N-methyl/N-ethyl adjacent to an activating group) is 1. The van der Waals surface area contributed by atoms with E-state index in [1.54, 1.807) is 0 Å². The van der Waals surface area contributed by atoms with Crippen LogP contribution >= 0.6 is 12.4 Å². The van der Waals surface area contributed by atoms with E-state index in [9.17, 15) is 4.79 Å². The summed E-state index contributed by atoms with van der Waals surface area (Å²) in [7, 11) is 0. The highest BCUT2D eigenvalue weighted by molar-refractivity contribution is 5.85. The van der Waals surface area contributed by atoms with E-state index < -0.39 is 0 Å². The fourth-order valence-corrected chi connectivity index (χ4v) is 3.17. The maximum absolute atomic E-state index is 12.3. The molecule has 0 aromatic heterocycles. The molecule has 2 aliphatic rings. The summed E-state index contributed by atoms with van der Waals surface area (Å²) in [6, 6.07) is 0.685. The molecule has 0 aromatic carbocycles. The number of carbonyl (C=O) groups is 1. The molecule has 5 heteroatoms. The number of nitrogens with one attached hydrogen (secondary N) is 2. The summed E-state index contributed by atoms with van der Waals surface area (Å²) in [5, 5.41) is 6.66. The van der Waals surface area contributed by atoms with Gasteiger partial charge in [-0.1, -0.05) is 6.92 Å². The second kappa shape index (κ2) is 8.08. The lowest BCUT2D eigenvalue weighted by Crippen LogP contribution is -2.52. The second-order valence-electron chi connectivity index (χ2n) is 5.73. The van der Waals surface area contributed by atoms with Crippen molar-refractivity contribution < 1.29 is 4.79 Å². The molecule has 0 saturated carbocycles. The summed E-state index contributed by atoms with van der Waals surface area (Å²) in [4.78, 5) is 14.7. The number of nitrogens with zero attached hydrogens (tertiary/aromatic N) is 1. The standard InChI is InChI=1S/C14H27N3O.ClH/c1-3-17-9-5-6-12(10-17)16-14(18)13-7-4-8-15-11(13)2;/h11-13,15H,3-10H2,1-2H3,(H,16,18);1H. The Hall–Kier alpha value is -0.320. The van der Waals surface area contributed by atoms with E-state index in [4.69, 9.17) is 0 Å². The molecule has 0 aliphatic carbocycles. The second-order valence-corrected chi connectivity index (χ2v) is 5.73. The normalized spacial score (nSPS) is 32.4. The molecule has 0 radical (unpaired) electrons. The first kappa shape index (κ1) is 16.7. The third-order valence-corrected chi connectivity index (χ3v) is 4.40. The van der Waals surface area contributed by atoms with Gasteiger partial charge in [-0.05, 0) is 52.2 Å². The molecule has 0 spiro atoms. The molecule has 2 fully saturated rings. The van der Waals surface area contributed by atoms with Crippen LogP contribution in [0.3, 0.4) is 0 Å². The van der Waals surface area contributed by atoms with Gasteiger partial charge in [0.2, 0.25) is 5.91 Å². The summed E-state index contributed by atoms with van der Waals surface area (Å²) >= 11 is 0. The van der Waals surface area contributed by atoms with Gasteiger partial charge in [-0.15, -0.1) is 12.4 Å². The number of hydrogen-bond donors (Lipinski definition) is 2. The lowest BCUT2D eigenvalue weighted by atomic mass is 9.90. The molecule has 2 aliphatic heterocycles. The highest BCUT2D eigenvalue weighted by Crippen LogP contribution is 2.17. The van der Waals surface area contributed by atoms with Gasteiger partial charge in [-0.2, -0.15) is 0 Å². The summed E-state index contributed by atoms with van der Waals surface area (Å²) in [6.07, 6.45) is 4.49. The Morgan fingerprint density at radius 3 is 2.84 bits per heavy atom. The van der Waals surface area contributed by atoms with Crippen LogP contribution in [0.1, 0.15) is 39.5 Å². The molecule has 1 amide bonds. The zero-order valence-electron chi connectivity index (χ0n) is 12.2. The maximum Gasteiger partial charge on any atom is 0.224 e. The average Bonchev–Trinajstić information content (AvgIpc) is 2.39. The minimum absolute atomic E-state index is 0. The molecule has 3 atom stereocenters. The maximum atomic E-state index is 12.3. The van der Waals surface area contributed by atoms with Gasteiger partial charge in [0.05, 0.1) is 5.92 Å². The summed E-state index contributed by atoms with van der Waals surface area (Å²) < 4.78 is 0. The Morgan fingerprint density at radius 1 is 1.37 bits per heavy atom. The van der Waals surface area contributed by atoms with Crippen LogP contribution in [0.15, 0.2) is 0 Å². The number of piperidine rings is 2. The topological polar surface area (TPSA) is 44.4 Å². The Balaban J connectivity index is 0.00000180. The number of carbonyl (C=O) groups excluding carboxylic acids is 1. The molecule has 2 N–H and O–H groups in total. The molecule has 2 heterocycles. The molecule has 4 nitrogen and oxygen atoms in total. The zero-order valence-corrected chi connectivity index (χ0v) is 13.0. The molecular weight excluding hydrogens is 262 g/mol. The first-order valence-corrected chi connectivity index (χ1v) is 7.46. The average molecular weight is 290 g/mol. The van der Waals surface area contributed by atoms with Crippen LogP contribution in [-0.2, 0) is 4.79 Å². The lowest BCUT2D eigenvalue weighted by Gasteiger charge is -2.35. The van der Waals surface area contributed by atoms with Crippen molar-refractivity contribution in [2.45, 2.75) is 51.6 Å². The van der Waals surface area contributed by atoms with E-state index in [1.165, 1.54) is 13.0 Å². The van der Waals surface area contributed by atoms with E-state index in [0.717, 1.165) is 38.9 Å². The van der Waals surface area contributed by atoms with E-state index >= 15 is 0 Å². The van der Waals surface area contributed by atoms with Crippen LogP contribution in [0.2, 0.25) is 0 Å². The predicted octanol–water partition coefficient (Wildman–Crippen LogP) is 1.40. The molecule has 3 unspecified atom stereocenters. The SMILES string of the molecule is CCN1CCCC(NC(=O)C2CCCNC2C)C1.Cl.